The van der Waals surface area contributed by atoms with Gasteiger partial charge in [0.25, 0.3) is 0 Å². The molecule has 0 bridgehead atoms. The molecule has 0 amide bonds. The molecule has 0 aromatic heterocycles. The average molecular weight is 261 g/mol. The second-order valence-electron chi connectivity index (χ2n) is 3.77. The summed E-state index contributed by atoms with van der Waals surface area (Å²) in [4.78, 5) is 27.2. The van der Waals surface area contributed by atoms with Crippen LogP contribution in [0.5, 0.6) is 5.75 Å². The maximum Gasteiger partial charge on any atom is 0.355 e. The topological polar surface area (TPSA) is 87.1 Å². The number of rotatable bonds is 3. The van der Waals surface area contributed by atoms with Crippen LogP contribution in [0.25, 0.3) is 6.08 Å². The number of carbonyl (C=O) groups is 2. The highest BCUT2D eigenvalue weighted by molar-refractivity contribution is 5.94. The summed E-state index contributed by atoms with van der Waals surface area (Å²) >= 11 is 0. The van der Waals surface area contributed by atoms with Crippen LogP contribution in [0.15, 0.2) is 42.1 Å². The van der Waals surface area contributed by atoms with E-state index in [9.17, 15) is 9.59 Å². The first kappa shape index (κ1) is 12.7. The Morgan fingerprint density at radius 1 is 1.26 bits per heavy atom. The van der Waals surface area contributed by atoms with Crippen LogP contribution in [-0.4, -0.2) is 33.8 Å². The number of benzene rings is 1. The van der Waals surface area contributed by atoms with Crippen LogP contribution in [0, 0.1) is 0 Å². The predicted octanol–water partition coefficient (Wildman–Crippen LogP) is 1.36. The quantitative estimate of drug-likeness (QED) is 0.799. The lowest BCUT2D eigenvalue weighted by Crippen LogP contribution is -2.31. The van der Waals surface area contributed by atoms with E-state index in [0.29, 0.717) is 11.8 Å². The minimum atomic E-state index is -1.37. The Morgan fingerprint density at radius 2 is 2.00 bits per heavy atom. The summed E-state index contributed by atoms with van der Waals surface area (Å²) < 4.78 is 0. The molecular formula is C13H11NO5. The smallest absolute Gasteiger partial charge is 0.355 e. The monoisotopic (exact) mass is 261 g/mol. The van der Waals surface area contributed by atoms with E-state index in [4.69, 9.17) is 15.1 Å². The largest absolute Gasteiger partial charge is 0.478 e. The van der Waals surface area contributed by atoms with E-state index in [1.807, 2.05) is 12.1 Å². The fraction of sp³-hybridized carbons (Fsp3) is 0.0769. The second kappa shape index (κ2) is 5.26. The van der Waals surface area contributed by atoms with Crippen LogP contribution in [-0.2, 0) is 9.59 Å². The van der Waals surface area contributed by atoms with Crippen molar-refractivity contribution in [2.45, 2.75) is 0 Å². The van der Waals surface area contributed by atoms with Crippen LogP contribution in [0.4, 0.5) is 0 Å². The van der Waals surface area contributed by atoms with Crippen LogP contribution >= 0.6 is 0 Å². The molecule has 0 aliphatic carbocycles. The van der Waals surface area contributed by atoms with Crippen molar-refractivity contribution in [1.82, 2.24) is 5.06 Å². The Morgan fingerprint density at radius 3 is 2.68 bits per heavy atom. The van der Waals surface area contributed by atoms with Gasteiger partial charge in [-0.1, -0.05) is 30.4 Å². The van der Waals surface area contributed by atoms with E-state index in [0.717, 1.165) is 10.6 Å². The molecular weight excluding hydrogens is 250 g/mol. The first-order valence-corrected chi connectivity index (χ1v) is 5.47. The van der Waals surface area contributed by atoms with E-state index in [-0.39, 0.29) is 6.54 Å². The van der Waals surface area contributed by atoms with Gasteiger partial charge in [-0.2, -0.15) is 5.06 Å². The van der Waals surface area contributed by atoms with Crippen molar-refractivity contribution in [2.24, 2.45) is 0 Å². The highest BCUT2D eigenvalue weighted by atomic mass is 16.7. The molecule has 19 heavy (non-hydrogen) atoms. The lowest BCUT2D eigenvalue weighted by atomic mass is 10.2. The number of fused-ring (bicyclic) bond motifs is 1. The Bertz CT molecular complexity index is 576. The summed E-state index contributed by atoms with van der Waals surface area (Å²) in [6.45, 7) is 0.139. The Labute approximate surface area is 108 Å². The summed E-state index contributed by atoms with van der Waals surface area (Å²) in [5, 5.41) is 18.8. The first-order valence-electron chi connectivity index (χ1n) is 5.47. The number of carboxylic acid groups (broad SMARTS) is 2. The second-order valence-corrected chi connectivity index (χ2v) is 3.77. The SMILES string of the molecule is O=C(O)/C=C(\C(=O)O)N1CC=Cc2ccccc2O1. The summed E-state index contributed by atoms with van der Waals surface area (Å²) in [5.74, 6) is -2.24. The molecule has 0 radical (unpaired) electrons. The van der Waals surface area contributed by atoms with Crippen LogP contribution in [0.1, 0.15) is 5.56 Å². The predicted molar refractivity (Wildman–Crippen MR) is 66.2 cm³/mol. The number of hydroxylamine groups is 2. The van der Waals surface area contributed by atoms with Gasteiger partial charge < -0.3 is 15.1 Å². The minimum absolute atomic E-state index is 0.139. The lowest BCUT2D eigenvalue weighted by molar-refractivity contribution is -0.141. The van der Waals surface area contributed by atoms with Gasteiger partial charge in [-0.05, 0) is 6.07 Å². The third-order valence-electron chi connectivity index (χ3n) is 2.44. The zero-order valence-corrected chi connectivity index (χ0v) is 9.81. The van der Waals surface area contributed by atoms with Crippen LogP contribution in [0.3, 0.4) is 0 Å². The number of hydrogen-bond acceptors (Lipinski definition) is 4. The fourth-order valence-electron chi connectivity index (χ4n) is 1.64. The van der Waals surface area contributed by atoms with E-state index in [2.05, 4.69) is 0 Å². The van der Waals surface area contributed by atoms with Crippen molar-refractivity contribution in [3.05, 3.63) is 47.7 Å². The molecule has 2 rings (SSSR count). The van der Waals surface area contributed by atoms with Crippen molar-refractivity contribution in [2.75, 3.05) is 6.54 Å². The van der Waals surface area contributed by atoms with Crippen molar-refractivity contribution in [1.29, 1.82) is 0 Å². The molecule has 0 fully saturated rings. The fourth-order valence-corrected chi connectivity index (χ4v) is 1.64. The Hall–Kier alpha value is -2.76. The van der Waals surface area contributed by atoms with Gasteiger partial charge in [-0.15, -0.1) is 0 Å². The first-order chi connectivity index (χ1) is 9.08. The molecule has 98 valence electrons. The van der Waals surface area contributed by atoms with Crippen molar-refractivity contribution in [3.8, 4) is 5.75 Å². The van der Waals surface area contributed by atoms with Gasteiger partial charge in [-0.3, -0.25) is 0 Å². The molecule has 0 unspecified atom stereocenters. The molecule has 1 aromatic rings. The van der Waals surface area contributed by atoms with Gasteiger partial charge in [0.05, 0.1) is 12.6 Å². The van der Waals surface area contributed by atoms with Crippen molar-refractivity contribution < 1.29 is 24.6 Å². The molecule has 0 spiro atoms. The number of nitrogens with zero attached hydrogens (tertiary/aromatic N) is 1. The summed E-state index contributed by atoms with van der Waals surface area (Å²) in [6.07, 6.45) is 4.09. The highest BCUT2D eigenvalue weighted by Gasteiger charge is 2.21. The molecule has 1 aliphatic heterocycles. The minimum Gasteiger partial charge on any atom is -0.478 e. The number of para-hydroxylation sites is 1. The van der Waals surface area contributed by atoms with Gasteiger partial charge in [0.2, 0.25) is 0 Å². The van der Waals surface area contributed by atoms with E-state index in [1.165, 1.54) is 0 Å². The Kier molecular flexibility index (Phi) is 3.51. The summed E-state index contributed by atoms with van der Waals surface area (Å²) in [5.41, 5.74) is 0.360. The number of carboxylic acids is 2. The zero-order valence-electron chi connectivity index (χ0n) is 9.81. The molecule has 6 heteroatoms. The van der Waals surface area contributed by atoms with E-state index in [1.54, 1.807) is 24.3 Å². The maximum atomic E-state index is 11.1. The van der Waals surface area contributed by atoms with Gasteiger partial charge in [0.15, 0.2) is 11.4 Å². The van der Waals surface area contributed by atoms with E-state index >= 15 is 0 Å². The van der Waals surface area contributed by atoms with Crippen molar-refractivity contribution in [3.63, 3.8) is 0 Å². The molecule has 1 aromatic carbocycles. The molecule has 0 saturated carbocycles. The highest BCUT2D eigenvalue weighted by Crippen LogP contribution is 2.24. The molecule has 1 aliphatic rings. The maximum absolute atomic E-state index is 11.1. The molecule has 1 heterocycles. The zero-order chi connectivity index (χ0) is 13.8. The molecule has 0 atom stereocenters. The van der Waals surface area contributed by atoms with Gasteiger partial charge >= 0.3 is 11.9 Å². The number of hydrogen-bond donors (Lipinski definition) is 2. The number of aliphatic carboxylic acids is 2. The summed E-state index contributed by atoms with van der Waals surface area (Å²) in [7, 11) is 0. The van der Waals surface area contributed by atoms with Crippen LogP contribution < -0.4 is 4.84 Å². The summed E-state index contributed by atoms with van der Waals surface area (Å²) in [6, 6.07) is 7.07. The van der Waals surface area contributed by atoms with Gasteiger partial charge in [0.1, 0.15) is 0 Å². The molecule has 0 saturated heterocycles. The molecule has 2 N–H and O–H groups in total. The van der Waals surface area contributed by atoms with Gasteiger partial charge in [-0.25, -0.2) is 9.59 Å². The molecule has 6 nitrogen and oxygen atoms in total. The standard InChI is InChI=1S/C13H11NO5/c15-12(16)8-10(13(17)18)14-7-3-5-9-4-1-2-6-11(9)19-14/h1-6,8H,7H2,(H,15,16)(H,17,18)/b10-8+. The van der Waals surface area contributed by atoms with Gasteiger partial charge in [0, 0.05) is 5.56 Å². The van der Waals surface area contributed by atoms with Crippen LogP contribution in [0.2, 0.25) is 0 Å². The van der Waals surface area contributed by atoms with Crippen molar-refractivity contribution >= 4 is 18.0 Å². The average Bonchev–Trinajstić information content (AvgIpc) is 2.57. The lowest BCUT2D eigenvalue weighted by Gasteiger charge is -2.22. The third kappa shape index (κ3) is 2.92. The normalized spacial score (nSPS) is 14.3. The Balaban J connectivity index is 2.35. The third-order valence-corrected chi connectivity index (χ3v) is 2.44. The van der Waals surface area contributed by atoms with E-state index < -0.39 is 17.6 Å².